The summed E-state index contributed by atoms with van der Waals surface area (Å²) >= 11 is 0. The number of benzene rings is 1. The van der Waals surface area contributed by atoms with E-state index < -0.39 is 0 Å². The third-order valence-electron chi connectivity index (χ3n) is 4.93. The van der Waals surface area contributed by atoms with Crippen molar-refractivity contribution >= 4 is 5.91 Å². The molecule has 3 heteroatoms. The summed E-state index contributed by atoms with van der Waals surface area (Å²) in [7, 11) is 0. The summed E-state index contributed by atoms with van der Waals surface area (Å²) in [5.74, 6) is 0.263. The Labute approximate surface area is 127 Å². The Morgan fingerprint density at radius 3 is 2.29 bits per heavy atom. The molecule has 1 amide bonds. The highest BCUT2D eigenvalue weighted by Crippen LogP contribution is 2.30. The van der Waals surface area contributed by atoms with Gasteiger partial charge in [0.05, 0.1) is 6.17 Å². The van der Waals surface area contributed by atoms with Crippen LogP contribution in [0, 0.1) is 0 Å². The zero-order valence-electron chi connectivity index (χ0n) is 12.9. The minimum atomic E-state index is -0.161. The van der Waals surface area contributed by atoms with Crippen molar-refractivity contribution in [3.63, 3.8) is 0 Å². The Hall–Kier alpha value is -1.35. The Bertz CT molecular complexity index is 465. The fourth-order valence-corrected chi connectivity index (χ4v) is 3.83. The summed E-state index contributed by atoms with van der Waals surface area (Å²) in [5.41, 5.74) is 1.09. The van der Waals surface area contributed by atoms with Gasteiger partial charge in [-0.05, 0) is 25.3 Å². The first-order valence-electron chi connectivity index (χ1n) is 8.40. The molecular formula is C18H26N2O. The van der Waals surface area contributed by atoms with E-state index in [2.05, 4.69) is 17.1 Å². The maximum atomic E-state index is 12.9. The minimum absolute atomic E-state index is 0.145. The van der Waals surface area contributed by atoms with Gasteiger partial charge in [0.25, 0.3) is 0 Å². The quantitative estimate of drug-likeness (QED) is 0.900. The van der Waals surface area contributed by atoms with Crippen molar-refractivity contribution in [3.05, 3.63) is 35.9 Å². The first kappa shape index (κ1) is 14.6. The highest BCUT2D eigenvalue weighted by Gasteiger charge is 2.40. The van der Waals surface area contributed by atoms with Crippen LogP contribution in [0.25, 0.3) is 0 Å². The van der Waals surface area contributed by atoms with Gasteiger partial charge >= 0.3 is 0 Å². The van der Waals surface area contributed by atoms with E-state index in [9.17, 15) is 4.79 Å². The number of carbonyl (C=O) groups excluding carboxylic acids is 1. The number of nitrogens with zero attached hydrogens (tertiary/aromatic N) is 1. The number of hydrogen-bond donors (Lipinski definition) is 1. The van der Waals surface area contributed by atoms with E-state index in [1.165, 1.54) is 44.9 Å². The smallest absolute Gasteiger partial charge is 0.245 e. The van der Waals surface area contributed by atoms with Gasteiger partial charge in [-0.2, -0.15) is 0 Å². The van der Waals surface area contributed by atoms with E-state index in [0.717, 1.165) is 5.56 Å². The summed E-state index contributed by atoms with van der Waals surface area (Å²) in [6.07, 6.45) is 9.01. The van der Waals surface area contributed by atoms with E-state index in [1.807, 2.05) is 30.3 Å². The van der Waals surface area contributed by atoms with Crippen LogP contribution in [-0.4, -0.2) is 23.0 Å². The fourth-order valence-electron chi connectivity index (χ4n) is 3.83. The molecule has 2 atom stereocenters. The molecule has 2 aliphatic rings. The molecule has 1 saturated carbocycles. The Kier molecular flexibility index (Phi) is 4.59. The lowest BCUT2D eigenvalue weighted by atomic mass is 9.95. The molecule has 0 spiro atoms. The fraction of sp³-hybridized carbons (Fsp3) is 0.611. The van der Waals surface area contributed by atoms with Gasteiger partial charge in [-0.25, -0.2) is 0 Å². The third kappa shape index (κ3) is 3.13. The van der Waals surface area contributed by atoms with Crippen LogP contribution in [-0.2, 0) is 4.79 Å². The average molecular weight is 286 g/mol. The summed E-state index contributed by atoms with van der Waals surface area (Å²) in [6, 6.07) is 10.4. The van der Waals surface area contributed by atoms with Crippen molar-refractivity contribution in [2.45, 2.75) is 70.1 Å². The van der Waals surface area contributed by atoms with Gasteiger partial charge in [-0.15, -0.1) is 0 Å². The van der Waals surface area contributed by atoms with Crippen LogP contribution in [0.15, 0.2) is 30.3 Å². The standard InChI is InChI=1S/C18H26N2O/c1-14-19-17(15-10-6-5-7-11-15)18(21)20(14)16-12-8-3-2-4-9-13-16/h5-7,10-11,14,16-17,19H,2-4,8-9,12-13H2,1H3. The van der Waals surface area contributed by atoms with Crippen LogP contribution in [0.5, 0.6) is 0 Å². The van der Waals surface area contributed by atoms with Crippen molar-refractivity contribution in [1.29, 1.82) is 0 Å². The number of rotatable bonds is 2. The molecule has 2 unspecified atom stereocenters. The molecule has 114 valence electrons. The second kappa shape index (κ2) is 6.61. The second-order valence-electron chi connectivity index (χ2n) is 6.43. The van der Waals surface area contributed by atoms with Crippen molar-refractivity contribution in [3.8, 4) is 0 Å². The van der Waals surface area contributed by atoms with Crippen molar-refractivity contribution in [2.75, 3.05) is 0 Å². The van der Waals surface area contributed by atoms with Crippen LogP contribution in [0.1, 0.15) is 63.5 Å². The van der Waals surface area contributed by atoms with Crippen molar-refractivity contribution in [1.82, 2.24) is 10.2 Å². The molecule has 3 nitrogen and oxygen atoms in total. The Morgan fingerprint density at radius 1 is 1.00 bits per heavy atom. The second-order valence-corrected chi connectivity index (χ2v) is 6.43. The van der Waals surface area contributed by atoms with Crippen LogP contribution < -0.4 is 5.32 Å². The van der Waals surface area contributed by atoms with Gasteiger partial charge in [-0.3, -0.25) is 10.1 Å². The van der Waals surface area contributed by atoms with Gasteiger partial charge in [-0.1, -0.05) is 62.4 Å². The van der Waals surface area contributed by atoms with Gasteiger partial charge in [0.1, 0.15) is 6.04 Å². The molecule has 1 saturated heterocycles. The van der Waals surface area contributed by atoms with Gasteiger partial charge < -0.3 is 4.90 Å². The number of nitrogens with one attached hydrogen (secondary N) is 1. The maximum absolute atomic E-state index is 12.9. The van der Waals surface area contributed by atoms with Gasteiger partial charge in [0.15, 0.2) is 0 Å². The Balaban J connectivity index is 1.75. The van der Waals surface area contributed by atoms with E-state index in [1.54, 1.807) is 0 Å². The molecule has 0 bridgehead atoms. The molecule has 1 aromatic rings. The average Bonchev–Trinajstić information content (AvgIpc) is 2.76. The minimum Gasteiger partial charge on any atom is -0.323 e. The van der Waals surface area contributed by atoms with Gasteiger partial charge in [0.2, 0.25) is 5.91 Å². The lowest BCUT2D eigenvalue weighted by Crippen LogP contribution is -2.43. The third-order valence-corrected chi connectivity index (χ3v) is 4.93. The molecule has 2 fully saturated rings. The first-order valence-corrected chi connectivity index (χ1v) is 8.40. The SMILES string of the molecule is CC1NC(c2ccccc2)C(=O)N1C1CCCCCCC1. The molecule has 1 N–H and O–H groups in total. The predicted molar refractivity (Wildman–Crippen MR) is 84.7 cm³/mol. The van der Waals surface area contributed by atoms with E-state index in [-0.39, 0.29) is 18.1 Å². The summed E-state index contributed by atoms with van der Waals surface area (Å²) in [6.45, 7) is 2.12. The molecule has 1 aromatic carbocycles. The highest BCUT2D eigenvalue weighted by molar-refractivity contribution is 5.85. The molecule has 21 heavy (non-hydrogen) atoms. The molecule has 0 radical (unpaired) electrons. The van der Waals surface area contributed by atoms with E-state index in [4.69, 9.17) is 0 Å². The molecule has 1 aliphatic carbocycles. The maximum Gasteiger partial charge on any atom is 0.245 e. The largest absolute Gasteiger partial charge is 0.323 e. The normalized spacial score (nSPS) is 28.4. The highest BCUT2D eigenvalue weighted by atomic mass is 16.2. The monoisotopic (exact) mass is 286 g/mol. The lowest BCUT2D eigenvalue weighted by Gasteiger charge is -2.32. The van der Waals surface area contributed by atoms with Crippen molar-refractivity contribution < 1.29 is 4.79 Å². The van der Waals surface area contributed by atoms with Gasteiger partial charge in [0, 0.05) is 6.04 Å². The molecule has 0 aromatic heterocycles. The van der Waals surface area contributed by atoms with E-state index >= 15 is 0 Å². The van der Waals surface area contributed by atoms with Crippen LogP contribution in [0.4, 0.5) is 0 Å². The van der Waals surface area contributed by atoms with E-state index in [0.29, 0.717) is 6.04 Å². The summed E-state index contributed by atoms with van der Waals surface area (Å²) in [5, 5.41) is 3.48. The summed E-state index contributed by atoms with van der Waals surface area (Å²) < 4.78 is 0. The summed E-state index contributed by atoms with van der Waals surface area (Å²) in [4.78, 5) is 15.0. The Morgan fingerprint density at radius 2 is 1.62 bits per heavy atom. The molecule has 3 rings (SSSR count). The molecular weight excluding hydrogens is 260 g/mol. The lowest BCUT2D eigenvalue weighted by molar-refractivity contribution is -0.132. The van der Waals surface area contributed by atoms with Crippen LogP contribution in [0.3, 0.4) is 0 Å². The molecule has 1 aliphatic heterocycles. The van der Waals surface area contributed by atoms with Crippen LogP contribution in [0.2, 0.25) is 0 Å². The zero-order chi connectivity index (χ0) is 14.7. The van der Waals surface area contributed by atoms with Crippen LogP contribution >= 0.6 is 0 Å². The predicted octanol–water partition coefficient (Wildman–Crippen LogP) is 3.62. The van der Waals surface area contributed by atoms with Crippen molar-refractivity contribution in [2.24, 2.45) is 0 Å². The zero-order valence-corrected chi connectivity index (χ0v) is 12.9. The number of hydrogen-bond acceptors (Lipinski definition) is 2. The molecule has 1 heterocycles. The first-order chi connectivity index (χ1) is 10.3. The number of carbonyl (C=O) groups is 1. The number of amides is 1. The topological polar surface area (TPSA) is 32.3 Å².